The monoisotopic (exact) mass is 234 g/mol. The summed E-state index contributed by atoms with van der Waals surface area (Å²) in [4.78, 5) is 0. The van der Waals surface area contributed by atoms with Crippen LogP contribution in [-0.2, 0) is 0 Å². The van der Waals surface area contributed by atoms with Crippen LogP contribution in [0.3, 0.4) is 0 Å². The summed E-state index contributed by atoms with van der Waals surface area (Å²) in [7, 11) is 0. The fourth-order valence-electron chi connectivity index (χ4n) is 3.27. The molecule has 0 bridgehead atoms. The second-order valence-corrected chi connectivity index (χ2v) is 5.41. The Morgan fingerprint density at radius 2 is 1.82 bits per heavy atom. The van der Waals surface area contributed by atoms with E-state index in [1.165, 1.54) is 50.8 Å². The molecule has 2 aliphatic rings. The predicted octanol–water partition coefficient (Wildman–Crippen LogP) is 2.25. The zero-order valence-electron chi connectivity index (χ0n) is 10.4. The van der Waals surface area contributed by atoms with Crippen molar-refractivity contribution >= 4 is 0 Å². The molecule has 2 heterocycles. The molecule has 0 spiro atoms. The van der Waals surface area contributed by atoms with Crippen molar-refractivity contribution < 1.29 is 0 Å². The molecule has 4 heteroatoms. The second-order valence-electron chi connectivity index (χ2n) is 5.41. The third-order valence-electron chi connectivity index (χ3n) is 4.27. The van der Waals surface area contributed by atoms with E-state index >= 15 is 0 Å². The van der Waals surface area contributed by atoms with Gasteiger partial charge in [0.1, 0.15) is 12.2 Å². The maximum Gasteiger partial charge on any atom is 0.136 e. The minimum Gasteiger partial charge on any atom is -0.317 e. The summed E-state index contributed by atoms with van der Waals surface area (Å²) in [5, 5.41) is 12.0. The van der Waals surface area contributed by atoms with E-state index in [9.17, 15) is 0 Å². The van der Waals surface area contributed by atoms with Crippen LogP contribution in [0.4, 0.5) is 0 Å². The number of aromatic nitrogens is 3. The first-order valence-electron chi connectivity index (χ1n) is 7.05. The highest BCUT2D eigenvalue weighted by Crippen LogP contribution is 2.33. The highest BCUT2D eigenvalue weighted by molar-refractivity contribution is 5.00. The van der Waals surface area contributed by atoms with E-state index < -0.39 is 0 Å². The Labute approximate surface area is 103 Å². The van der Waals surface area contributed by atoms with Crippen LogP contribution in [0.1, 0.15) is 62.7 Å². The molecule has 1 aromatic rings. The standard InChI is InChI=1S/C13H22N4/c1-2-4-11(5-3-1)13-16-15-10-17(13)12-6-8-14-9-7-12/h10-12,14H,1-9H2. The highest BCUT2D eigenvalue weighted by Gasteiger charge is 2.24. The Bertz CT molecular complexity index is 316. The van der Waals surface area contributed by atoms with Crippen molar-refractivity contribution in [3.63, 3.8) is 0 Å². The quantitative estimate of drug-likeness (QED) is 0.853. The fraction of sp³-hybridized carbons (Fsp3) is 0.846. The van der Waals surface area contributed by atoms with Crippen LogP contribution < -0.4 is 5.32 Å². The van der Waals surface area contributed by atoms with Gasteiger partial charge in [-0.15, -0.1) is 10.2 Å². The van der Waals surface area contributed by atoms with E-state index in [0.29, 0.717) is 12.0 Å². The van der Waals surface area contributed by atoms with Crippen LogP contribution in [0, 0.1) is 0 Å². The number of piperidine rings is 1. The van der Waals surface area contributed by atoms with Gasteiger partial charge in [0.15, 0.2) is 0 Å². The lowest BCUT2D eigenvalue weighted by Crippen LogP contribution is -2.30. The minimum atomic E-state index is 0.628. The molecule has 0 aromatic carbocycles. The first-order valence-corrected chi connectivity index (χ1v) is 7.05. The van der Waals surface area contributed by atoms with E-state index in [4.69, 9.17) is 0 Å². The number of rotatable bonds is 2. The summed E-state index contributed by atoms with van der Waals surface area (Å²) in [6.07, 6.45) is 11.1. The van der Waals surface area contributed by atoms with Gasteiger partial charge in [0, 0.05) is 12.0 Å². The summed E-state index contributed by atoms with van der Waals surface area (Å²) >= 11 is 0. The minimum absolute atomic E-state index is 0.628. The average Bonchev–Trinajstić information content (AvgIpc) is 2.90. The van der Waals surface area contributed by atoms with Gasteiger partial charge < -0.3 is 9.88 Å². The SMILES string of the molecule is c1nnc(C2CCCCC2)n1C1CCNCC1. The van der Waals surface area contributed by atoms with Crippen molar-refractivity contribution in [1.29, 1.82) is 0 Å². The van der Waals surface area contributed by atoms with Crippen molar-refractivity contribution in [2.24, 2.45) is 0 Å². The Kier molecular flexibility index (Phi) is 3.41. The van der Waals surface area contributed by atoms with Crippen molar-refractivity contribution in [3.8, 4) is 0 Å². The third kappa shape index (κ3) is 2.37. The molecule has 1 saturated carbocycles. The van der Waals surface area contributed by atoms with E-state index in [-0.39, 0.29) is 0 Å². The largest absolute Gasteiger partial charge is 0.317 e. The van der Waals surface area contributed by atoms with Gasteiger partial charge in [-0.2, -0.15) is 0 Å². The molecular weight excluding hydrogens is 212 g/mol. The maximum absolute atomic E-state index is 4.41. The first-order chi connectivity index (χ1) is 8.45. The molecule has 2 fully saturated rings. The summed E-state index contributed by atoms with van der Waals surface area (Å²) in [6.45, 7) is 2.26. The molecule has 1 saturated heterocycles. The van der Waals surface area contributed by atoms with Crippen LogP contribution in [0.25, 0.3) is 0 Å². The second kappa shape index (κ2) is 5.17. The van der Waals surface area contributed by atoms with E-state index in [1.807, 2.05) is 6.33 Å². The summed E-state index contributed by atoms with van der Waals surface area (Å²) in [5.74, 6) is 1.93. The molecular formula is C13H22N4. The van der Waals surface area contributed by atoms with Gasteiger partial charge in [0.25, 0.3) is 0 Å². The van der Waals surface area contributed by atoms with Gasteiger partial charge in [0.05, 0.1) is 0 Å². The maximum atomic E-state index is 4.41. The smallest absolute Gasteiger partial charge is 0.136 e. The Morgan fingerprint density at radius 1 is 1.06 bits per heavy atom. The van der Waals surface area contributed by atoms with E-state index in [2.05, 4.69) is 20.1 Å². The molecule has 1 aromatic heterocycles. The zero-order valence-corrected chi connectivity index (χ0v) is 10.4. The number of nitrogens with zero attached hydrogens (tertiary/aromatic N) is 3. The van der Waals surface area contributed by atoms with Crippen molar-refractivity contribution in [2.45, 2.75) is 56.9 Å². The van der Waals surface area contributed by atoms with E-state index in [1.54, 1.807) is 0 Å². The normalized spacial score (nSPS) is 24.0. The van der Waals surface area contributed by atoms with Crippen molar-refractivity contribution in [1.82, 2.24) is 20.1 Å². The number of nitrogens with one attached hydrogen (secondary N) is 1. The molecule has 0 unspecified atom stereocenters. The van der Waals surface area contributed by atoms with Crippen molar-refractivity contribution in [3.05, 3.63) is 12.2 Å². The lowest BCUT2D eigenvalue weighted by molar-refractivity contribution is 0.338. The summed E-state index contributed by atoms with van der Waals surface area (Å²) in [5.41, 5.74) is 0. The Balaban J connectivity index is 1.77. The highest BCUT2D eigenvalue weighted by atomic mass is 15.3. The lowest BCUT2D eigenvalue weighted by atomic mass is 9.88. The molecule has 17 heavy (non-hydrogen) atoms. The van der Waals surface area contributed by atoms with Gasteiger partial charge in [0.2, 0.25) is 0 Å². The fourth-order valence-corrected chi connectivity index (χ4v) is 3.27. The van der Waals surface area contributed by atoms with Crippen LogP contribution in [0.2, 0.25) is 0 Å². The topological polar surface area (TPSA) is 42.7 Å². The zero-order chi connectivity index (χ0) is 11.5. The van der Waals surface area contributed by atoms with Crippen LogP contribution in [0.5, 0.6) is 0 Å². The predicted molar refractivity (Wildman–Crippen MR) is 67.0 cm³/mol. The first kappa shape index (κ1) is 11.2. The van der Waals surface area contributed by atoms with Gasteiger partial charge in [-0.3, -0.25) is 0 Å². The molecule has 4 nitrogen and oxygen atoms in total. The van der Waals surface area contributed by atoms with Gasteiger partial charge in [-0.25, -0.2) is 0 Å². The van der Waals surface area contributed by atoms with Gasteiger partial charge >= 0.3 is 0 Å². The molecule has 1 aliphatic heterocycles. The molecule has 94 valence electrons. The van der Waals surface area contributed by atoms with Crippen LogP contribution in [0.15, 0.2) is 6.33 Å². The van der Waals surface area contributed by atoms with E-state index in [0.717, 1.165) is 13.1 Å². The molecule has 3 rings (SSSR count). The summed E-state index contributed by atoms with van der Waals surface area (Å²) < 4.78 is 2.37. The third-order valence-corrected chi connectivity index (χ3v) is 4.27. The number of hydrogen-bond donors (Lipinski definition) is 1. The summed E-state index contributed by atoms with van der Waals surface area (Å²) in [6, 6.07) is 0.628. The Hall–Kier alpha value is -0.900. The average molecular weight is 234 g/mol. The van der Waals surface area contributed by atoms with Gasteiger partial charge in [-0.1, -0.05) is 19.3 Å². The molecule has 1 N–H and O–H groups in total. The molecule has 0 radical (unpaired) electrons. The lowest BCUT2D eigenvalue weighted by Gasteiger charge is -2.28. The molecule has 0 amide bonds. The molecule has 0 atom stereocenters. The molecule has 1 aliphatic carbocycles. The number of hydrogen-bond acceptors (Lipinski definition) is 3. The van der Waals surface area contributed by atoms with Crippen molar-refractivity contribution in [2.75, 3.05) is 13.1 Å². The Morgan fingerprint density at radius 3 is 2.59 bits per heavy atom. The van der Waals surface area contributed by atoms with Crippen LogP contribution >= 0.6 is 0 Å². The van der Waals surface area contributed by atoms with Crippen LogP contribution in [-0.4, -0.2) is 27.9 Å². The van der Waals surface area contributed by atoms with Gasteiger partial charge in [-0.05, 0) is 38.8 Å².